The average Bonchev–Trinajstić information content (AvgIpc) is 3.24. The molecular formula is C34H53BrO4. The summed E-state index contributed by atoms with van der Waals surface area (Å²) in [4.78, 5) is 23.9. The molecule has 0 N–H and O–H groups in total. The summed E-state index contributed by atoms with van der Waals surface area (Å²) in [7, 11) is 0. The van der Waals surface area contributed by atoms with Crippen molar-refractivity contribution in [1.82, 2.24) is 0 Å². The highest BCUT2D eigenvalue weighted by molar-refractivity contribution is 9.09. The summed E-state index contributed by atoms with van der Waals surface area (Å²) in [6.07, 6.45) is 11.9. The van der Waals surface area contributed by atoms with Crippen LogP contribution in [0.1, 0.15) is 113 Å². The van der Waals surface area contributed by atoms with Crippen LogP contribution in [0, 0.1) is 56.7 Å². The van der Waals surface area contributed by atoms with Crippen LogP contribution in [0.25, 0.3) is 0 Å². The number of alkyl halides is 1. The molecule has 0 amide bonds. The van der Waals surface area contributed by atoms with Crippen molar-refractivity contribution in [3.8, 4) is 0 Å². The molecule has 5 aliphatic rings. The van der Waals surface area contributed by atoms with Crippen molar-refractivity contribution in [3.63, 3.8) is 0 Å². The normalized spacial score (nSPS) is 48.1. The van der Waals surface area contributed by atoms with E-state index in [0.717, 1.165) is 31.0 Å². The largest absolute Gasteiger partial charge is 0.465 e. The highest BCUT2D eigenvalue weighted by Gasteiger charge is 2.71. The lowest BCUT2D eigenvalue weighted by Gasteiger charge is -2.73. The van der Waals surface area contributed by atoms with E-state index in [2.05, 4.69) is 57.1 Å². The maximum absolute atomic E-state index is 12.0. The van der Waals surface area contributed by atoms with E-state index in [1.807, 2.05) is 0 Å². The molecule has 0 aromatic carbocycles. The maximum Gasteiger partial charge on any atom is 0.302 e. The molecule has 0 saturated heterocycles. The van der Waals surface area contributed by atoms with Crippen molar-refractivity contribution in [1.29, 1.82) is 0 Å². The van der Waals surface area contributed by atoms with Crippen molar-refractivity contribution < 1.29 is 19.1 Å². The molecule has 39 heavy (non-hydrogen) atoms. The Kier molecular flexibility index (Phi) is 7.50. The van der Waals surface area contributed by atoms with Gasteiger partial charge in [0.05, 0.1) is 6.61 Å². The molecule has 0 aliphatic heterocycles. The fourth-order valence-electron chi connectivity index (χ4n) is 12.2. The number of hydrogen-bond donors (Lipinski definition) is 0. The molecule has 4 nitrogen and oxygen atoms in total. The van der Waals surface area contributed by atoms with Gasteiger partial charge in [-0.2, -0.15) is 0 Å². The Balaban J connectivity index is 1.50. The third-order valence-electron chi connectivity index (χ3n) is 14.1. The zero-order chi connectivity index (χ0) is 28.6. The molecule has 0 aromatic rings. The van der Waals surface area contributed by atoms with Crippen LogP contribution in [0.3, 0.4) is 0 Å². The van der Waals surface area contributed by atoms with Crippen molar-refractivity contribution in [2.24, 2.45) is 56.7 Å². The van der Waals surface area contributed by atoms with Gasteiger partial charge < -0.3 is 9.47 Å². The van der Waals surface area contributed by atoms with Crippen LogP contribution in [0.4, 0.5) is 0 Å². The number of carbonyl (C=O) groups is 2. The third kappa shape index (κ3) is 4.23. The highest BCUT2D eigenvalue weighted by Crippen LogP contribution is 2.77. The predicted octanol–water partition coefficient (Wildman–Crippen LogP) is 8.51. The second kappa shape index (κ2) is 9.87. The zero-order valence-electron chi connectivity index (χ0n) is 25.7. The number of esters is 2. The molecule has 0 bridgehead atoms. The molecule has 0 spiro atoms. The van der Waals surface area contributed by atoms with Gasteiger partial charge >= 0.3 is 11.9 Å². The molecule has 0 heterocycles. The molecule has 220 valence electrons. The first-order chi connectivity index (χ1) is 18.2. The van der Waals surface area contributed by atoms with Crippen molar-refractivity contribution in [2.75, 3.05) is 11.9 Å². The Morgan fingerprint density at radius 1 is 0.821 bits per heavy atom. The number of hydrogen-bond acceptors (Lipinski definition) is 4. The molecule has 5 aliphatic carbocycles. The lowest BCUT2D eigenvalue weighted by molar-refractivity contribution is -0.252. The number of ether oxygens (including phenoxy) is 2. The Bertz CT molecular complexity index is 1020. The molecule has 5 saturated carbocycles. The van der Waals surface area contributed by atoms with E-state index in [-0.39, 0.29) is 45.1 Å². The van der Waals surface area contributed by atoms with Crippen LogP contribution in [-0.4, -0.2) is 30.0 Å². The van der Waals surface area contributed by atoms with Gasteiger partial charge in [-0.1, -0.05) is 62.7 Å². The first kappa shape index (κ1) is 29.6. The monoisotopic (exact) mass is 604 g/mol. The van der Waals surface area contributed by atoms with Gasteiger partial charge in [0.25, 0.3) is 0 Å². The molecule has 5 heteroatoms. The number of rotatable bonds is 5. The molecule has 0 radical (unpaired) electrons. The topological polar surface area (TPSA) is 52.6 Å². The number of carbonyl (C=O) groups excluding carboxylic acids is 2. The summed E-state index contributed by atoms with van der Waals surface area (Å²) in [5.41, 5.74) is 2.24. The highest BCUT2D eigenvalue weighted by atomic mass is 79.9. The van der Waals surface area contributed by atoms with Crippen LogP contribution >= 0.6 is 15.9 Å². The summed E-state index contributed by atoms with van der Waals surface area (Å²) >= 11 is 3.75. The van der Waals surface area contributed by atoms with Gasteiger partial charge in [-0.05, 0) is 110 Å². The summed E-state index contributed by atoms with van der Waals surface area (Å²) in [5.74, 6) is 2.66. The van der Waals surface area contributed by atoms with Gasteiger partial charge in [-0.15, -0.1) is 0 Å². The van der Waals surface area contributed by atoms with Crippen LogP contribution < -0.4 is 0 Å². The molecule has 5 rings (SSSR count). The number of halogens is 1. The van der Waals surface area contributed by atoms with E-state index >= 15 is 0 Å². The molecular weight excluding hydrogens is 552 g/mol. The first-order valence-corrected chi connectivity index (χ1v) is 16.8. The Morgan fingerprint density at radius 2 is 1.54 bits per heavy atom. The number of allylic oxidation sites excluding steroid dienone is 1. The average molecular weight is 606 g/mol. The van der Waals surface area contributed by atoms with Gasteiger partial charge in [0.1, 0.15) is 6.10 Å². The minimum atomic E-state index is -0.145. The van der Waals surface area contributed by atoms with Gasteiger partial charge in [0.15, 0.2) is 0 Å². The first-order valence-electron chi connectivity index (χ1n) is 15.7. The van der Waals surface area contributed by atoms with E-state index in [0.29, 0.717) is 36.2 Å². The molecule has 10 atom stereocenters. The minimum absolute atomic E-state index is 0.00628. The lowest BCUT2D eigenvalue weighted by Crippen LogP contribution is -2.67. The van der Waals surface area contributed by atoms with E-state index in [1.54, 1.807) is 13.8 Å². The summed E-state index contributed by atoms with van der Waals surface area (Å²) in [6.45, 7) is 20.9. The van der Waals surface area contributed by atoms with Gasteiger partial charge in [-0.3, -0.25) is 9.59 Å². The van der Waals surface area contributed by atoms with Crippen LogP contribution in [0.2, 0.25) is 0 Å². The van der Waals surface area contributed by atoms with Gasteiger partial charge in [-0.25, -0.2) is 0 Å². The van der Waals surface area contributed by atoms with Crippen molar-refractivity contribution in [3.05, 3.63) is 12.2 Å². The van der Waals surface area contributed by atoms with E-state index in [1.165, 1.54) is 44.1 Å². The fourth-order valence-corrected chi connectivity index (χ4v) is 12.6. The third-order valence-corrected chi connectivity index (χ3v) is 14.8. The minimum Gasteiger partial charge on any atom is -0.465 e. The smallest absolute Gasteiger partial charge is 0.302 e. The summed E-state index contributed by atoms with van der Waals surface area (Å²) in [6, 6.07) is 0. The quantitative estimate of drug-likeness (QED) is 0.179. The zero-order valence-corrected chi connectivity index (χ0v) is 27.3. The van der Waals surface area contributed by atoms with E-state index < -0.39 is 0 Å². The van der Waals surface area contributed by atoms with Gasteiger partial charge in [0, 0.05) is 30.0 Å². The van der Waals surface area contributed by atoms with Crippen LogP contribution in [-0.2, 0) is 19.1 Å². The van der Waals surface area contributed by atoms with E-state index in [9.17, 15) is 9.59 Å². The molecule has 5 fully saturated rings. The Morgan fingerprint density at radius 3 is 2.18 bits per heavy atom. The predicted molar refractivity (Wildman–Crippen MR) is 159 cm³/mol. The van der Waals surface area contributed by atoms with Crippen molar-refractivity contribution >= 4 is 27.9 Å². The lowest BCUT2D eigenvalue weighted by atomic mass is 9.32. The fraction of sp³-hybridized carbons (Fsp3) is 0.882. The Hall–Kier alpha value is -0.840. The van der Waals surface area contributed by atoms with Crippen LogP contribution in [0.15, 0.2) is 12.2 Å². The van der Waals surface area contributed by atoms with Crippen molar-refractivity contribution in [2.45, 2.75) is 119 Å². The summed E-state index contributed by atoms with van der Waals surface area (Å²) < 4.78 is 11.7. The standard InChI is InChI=1S/C34H53BrO4/c1-21(19-35)24-11-16-34(20-38-22(2)36)18-17-32(7)25(29(24)34)9-10-27-31(6)14-13-28(39-23(3)37)30(4,5)26(31)12-15-33(27,32)8/h24-29H,1,9-20H2,2-8H3/t24-,25?,26-,27?,28-,29+,31-,32+,33+,34+/m0/s1. The second-order valence-corrected chi connectivity index (χ2v) is 16.3. The molecule has 0 aromatic heterocycles. The van der Waals surface area contributed by atoms with E-state index in [4.69, 9.17) is 9.47 Å². The Labute approximate surface area is 245 Å². The summed E-state index contributed by atoms with van der Waals surface area (Å²) in [5, 5.41) is 0.861. The SMILES string of the molecule is C=C(CBr)[C@@H]1CC[C@]2(COC(C)=O)CC[C@]3(C)C(CCC4[C@@]5(C)CC[C@H](OC(C)=O)C(C)(C)[C@@H]5CC[C@]43C)[C@@H]12. The van der Waals surface area contributed by atoms with Crippen LogP contribution in [0.5, 0.6) is 0 Å². The van der Waals surface area contributed by atoms with Gasteiger partial charge in [0.2, 0.25) is 0 Å². The second-order valence-electron chi connectivity index (χ2n) is 15.7. The maximum atomic E-state index is 12.0. The molecule has 2 unspecified atom stereocenters. The number of fused-ring (bicyclic) bond motifs is 7.